The Balaban J connectivity index is 1.69. The minimum atomic E-state index is -0.430. The van der Waals surface area contributed by atoms with Gasteiger partial charge < -0.3 is 9.64 Å². The molecule has 1 aliphatic rings. The SMILES string of the molecule is Cc1ccc(N2C[C@@H](C(=O)Oc3ccc(C)c(C)c3)CC2=O)cc1. The summed E-state index contributed by atoms with van der Waals surface area (Å²) in [7, 11) is 0. The number of nitrogens with zero attached hydrogens (tertiary/aromatic N) is 1. The van der Waals surface area contributed by atoms with E-state index in [0.29, 0.717) is 12.3 Å². The molecule has 4 nitrogen and oxygen atoms in total. The Bertz CT molecular complexity index is 780. The zero-order valence-corrected chi connectivity index (χ0v) is 14.2. The van der Waals surface area contributed by atoms with Crippen LogP contribution in [-0.2, 0) is 9.59 Å². The van der Waals surface area contributed by atoms with Crippen LogP contribution >= 0.6 is 0 Å². The summed E-state index contributed by atoms with van der Waals surface area (Å²) >= 11 is 0. The van der Waals surface area contributed by atoms with E-state index >= 15 is 0 Å². The van der Waals surface area contributed by atoms with Gasteiger partial charge in [-0.1, -0.05) is 23.8 Å². The number of ether oxygens (including phenoxy) is 1. The fourth-order valence-corrected chi connectivity index (χ4v) is 2.82. The summed E-state index contributed by atoms with van der Waals surface area (Å²) in [5.74, 6) is -0.285. The summed E-state index contributed by atoms with van der Waals surface area (Å²) in [5, 5.41) is 0. The molecular weight excluding hydrogens is 302 g/mol. The van der Waals surface area contributed by atoms with Crippen LogP contribution in [0.5, 0.6) is 5.75 Å². The standard InChI is InChI=1S/C20H21NO3/c1-13-4-7-17(8-5-13)21-12-16(11-19(21)22)20(23)24-18-9-6-14(2)15(3)10-18/h4-10,16H,11-12H2,1-3H3/t16-/m0/s1. The van der Waals surface area contributed by atoms with Crippen LogP contribution in [0, 0.1) is 26.7 Å². The molecule has 2 aromatic carbocycles. The number of esters is 1. The van der Waals surface area contributed by atoms with Crippen molar-refractivity contribution >= 4 is 17.6 Å². The van der Waals surface area contributed by atoms with Gasteiger partial charge in [0.15, 0.2) is 0 Å². The number of carbonyl (C=O) groups is 2. The molecule has 0 unspecified atom stereocenters. The lowest BCUT2D eigenvalue weighted by molar-refractivity contribution is -0.139. The van der Waals surface area contributed by atoms with Gasteiger partial charge in [0, 0.05) is 18.7 Å². The summed E-state index contributed by atoms with van der Waals surface area (Å²) in [5.41, 5.74) is 4.18. The van der Waals surface area contributed by atoms with Crippen molar-refractivity contribution in [3.05, 3.63) is 59.2 Å². The molecule has 4 heteroatoms. The highest BCUT2D eigenvalue weighted by molar-refractivity contribution is 5.99. The number of hydrogen-bond donors (Lipinski definition) is 0. The van der Waals surface area contributed by atoms with Crippen LogP contribution in [0.25, 0.3) is 0 Å². The Morgan fingerprint density at radius 3 is 2.42 bits per heavy atom. The van der Waals surface area contributed by atoms with E-state index in [1.807, 2.05) is 57.2 Å². The number of benzene rings is 2. The maximum absolute atomic E-state index is 12.4. The predicted molar refractivity (Wildman–Crippen MR) is 93.2 cm³/mol. The second kappa shape index (κ2) is 6.48. The molecule has 1 heterocycles. The molecule has 1 fully saturated rings. The Morgan fingerprint density at radius 1 is 1.04 bits per heavy atom. The van der Waals surface area contributed by atoms with Crippen LogP contribution in [-0.4, -0.2) is 18.4 Å². The lowest BCUT2D eigenvalue weighted by Gasteiger charge is -2.16. The average Bonchev–Trinajstić information content (AvgIpc) is 2.94. The molecule has 0 bridgehead atoms. The molecule has 0 spiro atoms. The molecule has 1 amide bonds. The monoisotopic (exact) mass is 323 g/mol. The molecule has 0 saturated carbocycles. The molecule has 0 aromatic heterocycles. The summed E-state index contributed by atoms with van der Waals surface area (Å²) in [6.45, 7) is 6.35. The Labute approximate surface area is 142 Å². The first-order chi connectivity index (χ1) is 11.4. The Morgan fingerprint density at radius 2 is 1.75 bits per heavy atom. The molecule has 2 aromatic rings. The summed E-state index contributed by atoms with van der Waals surface area (Å²) in [6, 6.07) is 13.3. The van der Waals surface area contributed by atoms with E-state index in [1.54, 1.807) is 11.0 Å². The van der Waals surface area contributed by atoms with Gasteiger partial charge in [-0.3, -0.25) is 9.59 Å². The second-order valence-corrected chi connectivity index (χ2v) is 6.41. The van der Waals surface area contributed by atoms with Crippen LogP contribution in [0.15, 0.2) is 42.5 Å². The van der Waals surface area contributed by atoms with Crippen molar-refractivity contribution in [3.63, 3.8) is 0 Å². The van der Waals surface area contributed by atoms with Gasteiger partial charge in [0.25, 0.3) is 0 Å². The van der Waals surface area contributed by atoms with Gasteiger partial charge >= 0.3 is 5.97 Å². The normalized spacial score (nSPS) is 17.2. The van der Waals surface area contributed by atoms with Crippen molar-refractivity contribution in [2.24, 2.45) is 5.92 Å². The smallest absolute Gasteiger partial charge is 0.316 e. The van der Waals surface area contributed by atoms with E-state index in [0.717, 1.165) is 22.4 Å². The van der Waals surface area contributed by atoms with Gasteiger partial charge in [0.1, 0.15) is 5.75 Å². The number of rotatable bonds is 3. The van der Waals surface area contributed by atoms with Gasteiger partial charge in [-0.25, -0.2) is 0 Å². The molecule has 0 aliphatic carbocycles. The fraction of sp³-hybridized carbons (Fsp3) is 0.300. The zero-order valence-electron chi connectivity index (χ0n) is 14.2. The van der Waals surface area contributed by atoms with E-state index < -0.39 is 5.92 Å². The first-order valence-electron chi connectivity index (χ1n) is 8.10. The van der Waals surface area contributed by atoms with E-state index in [4.69, 9.17) is 4.74 Å². The van der Waals surface area contributed by atoms with Crippen molar-refractivity contribution in [1.29, 1.82) is 0 Å². The highest BCUT2D eigenvalue weighted by Crippen LogP contribution is 2.27. The molecule has 0 N–H and O–H groups in total. The van der Waals surface area contributed by atoms with Crippen molar-refractivity contribution in [2.45, 2.75) is 27.2 Å². The van der Waals surface area contributed by atoms with Crippen LogP contribution in [0.1, 0.15) is 23.1 Å². The third-order valence-corrected chi connectivity index (χ3v) is 4.50. The molecule has 1 atom stereocenters. The van der Waals surface area contributed by atoms with E-state index in [2.05, 4.69) is 0 Å². The quantitative estimate of drug-likeness (QED) is 0.641. The number of anilines is 1. The van der Waals surface area contributed by atoms with Crippen molar-refractivity contribution in [1.82, 2.24) is 0 Å². The van der Waals surface area contributed by atoms with Crippen molar-refractivity contribution in [3.8, 4) is 5.75 Å². The van der Waals surface area contributed by atoms with E-state index in [-0.39, 0.29) is 18.3 Å². The van der Waals surface area contributed by atoms with Gasteiger partial charge in [-0.15, -0.1) is 0 Å². The molecule has 124 valence electrons. The fourth-order valence-electron chi connectivity index (χ4n) is 2.82. The Hall–Kier alpha value is -2.62. The molecular formula is C20H21NO3. The summed E-state index contributed by atoms with van der Waals surface area (Å²) in [4.78, 5) is 26.3. The van der Waals surface area contributed by atoms with Crippen LogP contribution < -0.4 is 9.64 Å². The lowest BCUT2D eigenvalue weighted by Crippen LogP contribution is -2.27. The van der Waals surface area contributed by atoms with Crippen molar-refractivity contribution in [2.75, 3.05) is 11.4 Å². The van der Waals surface area contributed by atoms with E-state index in [1.165, 1.54) is 0 Å². The van der Waals surface area contributed by atoms with Gasteiger partial charge in [-0.2, -0.15) is 0 Å². The van der Waals surface area contributed by atoms with Crippen LogP contribution in [0.2, 0.25) is 0 Å². The number of carbonyl (C=O) groups excluding carboxylic acids is 2. The molecule has 3 rings (SSSR count). The first kappa shape index (κ1) is 16.2. The van der Waals surface area contributed by atoms with E-state index in [9.17, 15) is 9.59 Å². The highest BCUT2D eigenvalue weighted by Gasteiger charge is 2.36. The molecule has 24 heavy (non-hydrogen) atoms. The summed E-state index contributed by atoms with van der Waals surface area (Å²) in [6.07, 6.45) is 0.192. The third-order valence-electron chi connectivity index (χ3n) is 4.50. The molecule has 1 saturated heterocycles. The maximum Gasteiger partial charge on any atom is 0.316 e. The largest absolute Gasteiger partial charge is 0.426 e. The first-order valence-corrected chi connectivity index (χ1v) is 8.10. The zero-order chi connectivity index (χ0) is 17.3. The number of amides is 1. The minimum Gasteiger partial charge on any atom is -0.426 e. The number of hydrogen-bond acceptors (Lipinski definition) is 3. The second-order valence-electron chi connectivity index (χ2n) is 6.41. The predicted octanol–water partition coefficient (Wildman–Crippen LogP) is 3.57. The minimum absolute atomic E-state index is 0.0408. The van der Waals surface area contributed by atoms with Crippen LogP contribution in [0.3, 0.4) is 0 Å². The topological polar surface area (TPSA) is 46.6 Å². The van der Waals surface area contributed by atoms with Gasteiger partial charge in [0.05, 0.1) is 5.92 Å². The lowest BCUT2D eigenvalue weighted by atomic mass is 10.1. The molecule has 0 radical (unpaired) electrons. The highest BCUT2D eigenvalue weighted by atomic mass is 16.5. The van der Waals surface area contributed by atoms with Crippen LogP contribution in [0.4, 0.5) is 5.69 Å². The van der Waals surface area contributed by atoms with Gasteiger partial charge in [-0.05, 0) is 56.2 Å². The maximum atomic E-state index is 12.4. The summed E-state index contributed by atoms with van der Waals surface area (Å²) < 4.78 is 5.47. The molecule has 1 aliphatic heterocycles. The van der Waals surface area contributed by atoms with Crippen molar-refractivity contribution < 1.29 is 14.3 Å². The third kappa shape index (κ3) is 3.32. The average molecular weight is 323 g/mol. The number of aryl methyl sites for hydroxylation is 3. The van der Waals surface area contributed by atoms with Gasteiger partial charge in [0.2, 0.25) is 5.91 Å². The Kier molecular flexibility index (Phi) is 4.38.